The van der Waals surface area contributed by atoms with Gasteiger partial charge in [0.15, 0.2) is 0 Å². The zero-order valence-corrected chi connectivity index (χ0v) is 11.0. The maximum Gasteiger partial charge on any atom is 0.141 e. The molecule has 2 aromatic rings. The fraction of sp³-hybridized carbons (Fsp3) is 0.133. The van der Waals surface area contributed by atoms with Gasteiger partial charge < -0.3 is 9.47 Å². The number of methoxy groups -OCH3 is 1. The monoisotopic (exact) mass is 277 g/mol. The summed E-state index contributed by atoms with van der Waals surface area (Å²) in [6.45, 7) is 1.73. The average molecular weight is 278 g/mol. The van der Waals surface area contributed by atoms with Crippen molar-refractivity contribution in [3.8, 4) is 22.6 Å². The molecule has 1 aliphatic rings. The van der Waals surface area contributed by atoms with Crippen LogP contribution in [0.5, 0.6) is 11.5 Å². The molecule has 19 heavy (non-hydrogen) atoms. The minimum absolute atomic E-state index is 0.0936. The lowest BCUT2D eigenvalue weighted by atomic mass is 10.0. The first-order valence-corrected chi connectivity index (χ1v) is 6.21. The summed E-state index contributed by atoms with van der Waals surface area (Å²) in [7, 11) is 1.61. The molecular weight excluding hydrogens is 267 g/mol. The number of ether oxygens (including phenoxy) is 2. The van der Waals surface area contributed by atoms with Gasteiger partial charge in [-0.3, -0.25) is 0 Å². The maximum atomic E-state index is 13.2. The van der Waals surface area contributed by atoms with Crippen molar-refractivity contribution < 1.29 is 13.9 Å². The highest BCUT2D eigenvalue weighted by atomic mass is 35.5. The lowest BCUT2D eigenvalue weighted by Gasteiger charge is -2.11. The Labute approximate surface area is 115 Å². The van der Waals surface area contributed by atoms with Gasteiger partial charge in [0.05, 0.1) is 12.1 Å². The van der Waals surface area contributed by atoms with E-state index in [1.54, 1.807) is 25.8 Å². The molecule has 3 rings (SSSR count). The summed E-state index contributed by atoms with van der Waals surface area (Å²) in [5, 5.41) is 0.0936. The van der Waals surface area contributed by atoms with Gasteiger partial charge in [-0.2, -0.15) is 0 Å². The normalized spacial score (nSPS) is 13.0. The quantitative estimate of drug-likeness (QED) is 0.817. The van der Waals surface area contributed by atoms with Crippen LogP contribution in [0.25, 0.3) is 11.1 Å². The predicted octanol–water partition coefficient (Wildman–Crippen LogP) is 4.25. The van der Waals surface area contributed by atoms with E-state index in [1.165, 1.54) is 6.07 Å². The molecule has 4 heteroatoms. The van der Waals surface area contributed by atoms with Crippen molar-refractivity contribution in [1.29, 1.82) is 0 Å². The second-order valence-corrected chi connectivity index (χ2v) is 4.69. The number of benzene rings is 2. The molecule has 0 saturated carbocycles. The highest BCUT2D eigenvalue weighted by Gasteiger charge is 2.20. The molecule has 0 N–H and O–H groups in total. The molecule has 0 amide bonds. The van der Waals surface area contributed by atoms with Gasteiger partial charge in [0, 0.05) is 17.5 Å². The SMILES string of the molecule is COc1cc2c(c(-c3ccc(F)c(Cl)c3)c1)O[CH]C2. The Balaban J connectivity index is 2.18. The smallest absolute Gasteiger partial charge is 0.141 e. The maximum absolute atomic E-state index is 13.2. The van der Waals surface area contributed by atoms with Crippen molar-refractivity contribution in [1.82, 2.24) is 0 Å². The summed E-state index contributed by atoms with van der Waals surface area (Å²) in [5.41, 5.74) is 2.71. The van der Waals surface area contributed by atoms with Crippen molar-refractivity contribution in [3.63, 3.8) is 0 Å². The van der Waals surface area contributed by atoms with Crippen LogP contribution in [0.4, 0.5) is 4.39 Å². The third-order valence-corrected chi connectivity index (χ3v) is 3.40. The van der Waals surface area contributed by atoms with Crippen LogP contribution in [-0.2, 0) is 6.42 Å². The van der Waals surface area contributed by atoms with E-state index in [-0.39, 0.29) is 5.02 Å². The van der Waals surface area contributed by atoms with Crippen LogP contribution in [0.2, 0.25) is 5.02 Å². The van der Waals surface area contributed by atoms with Crippen LogP contribution >= 0.6 is 11.6 Å². The molecule has 97 valence electrons. The fourth-order valence-electron chi connectivity index (χ4n) is 2.16. The fourth-order valence-corrected chi connectivity index (χ4v) is 2.34. The zero-order chi connectivity index (χ0) is 13.4. The van der Waals surface area contributed by atoms with Crippen molar-refractivity contribution >= 4 is 11.6 Å². The van der Waals surface area contributed by atoms with Gasteiger partial charge in [-0.05, 0) is 29.8 Å². The molecule has 1 heterocycles. The van der Waals surface area contributed by atoms with E-state index in [1.807, 2.05) is 12.1 Å². The first-order chi connectivity index (χ1) is 9.19. The first kappa shape index (κ1) is 12.3. The number of fused-ring (bicyclic) bond motifs is 1. The summed E-state index contributed by atoms with van der Waals surface area (Å²) in [6.07, 6.45) is 0.731. The Kier molecular flexibility index (Phi) is 3.07. The highest BCUT2D eigenvalue weighted by Crippen LogP contribution is 2.41. The van der Waals surface area contributed by atoms with Gasteiger partial charge in [-0.1, -0.05) is 17.7 Å². The number of hydrogen-bond acceptors (Lipinski definition) is 2. The molecule has 0 fully saturated rings. The second kappa shape index (κ2) is 4.74. The summed E-state index contributed by atoms with van der Waals surface area (Å²) in [6, 6.07) is 8.42. The van der Waals surface area contributed by atoms with Crippen molar-refractivity contribution in [2.75, 3.05) is 7.11 Å². The zero-order valence-electron chi connectivity index (χ0n) is 10.2. The van der Waals surface area contributed by atoms with Crippen LogP contribution in [0.3, 0.4) is 0 Å². The van der Waals surface area contributed by atoms with Crippen molar-refractivity contribution in [3.05, 3.63) is 53.3 Å². The first-order valence-electron chi connectivity index (χ1n) is 5.83. The molecule has 2 aromatic carbocycles. The van der Waals surface area contributed by atoms with Gasteiger partial charge >= 0.3 is 0 Å². The van der Waals surface area contributed by atoms with Crippen molar-refractivity contribution in [2.24, 2.45) is 0 Å². The van der Waals surface area contributed by atoms with Crippen LogP contribution < -0.4 is 9.47 Å². The Morgan fingerprint density at radius 1 is 1.26 bits per heavy atom. The molecule has 2 nitrogen and oxygen atoms in total. The van der Waals surface area contributed by atoms with Crippen LogP contribution in [0, 0.1) is 12.4 Å². The number of halogens is 2. The lowest BCUT2D eigenvalue weighted by molar-refractivity contribution is 0.413. The molecule has 1 radical (unpaired) electrons. The van der Waals surface area contributed by atoms with Crippen molar-refractivity contribution in [2.45, 2.75) is 6.42 Å². The average Bonchev–Trinajstić information content (AvgIpc) is 2.89. The number of hydrogen-bond donors (Lipinski definition) is 0. The van der Waals surface area contributed by atoms with E-state index in [2.05, 4.69) is 0 Å². The van der Waals surface area contributed by atoms with Crippen LogP contribution in [0.15, 0.2) is 30.3 Å². The number of rotatable bonds is 2. The largest absolute Gasteiger partial charge is 0.497 e. The molecular formula is C15H11ClFO2. The minimum atomic E-state index is -0.433. The van der Waals surface area contributed by atoms with Crippen LogP contribution in [0.1, 0.15) is 5.56 Å². The van der Waals surface area contributed by atoms with E-state index in [0.717, 1.165) is 34.6 Å². The standard InChI is InChI=1S/C15H11ClFO2/c1-18-11-6-10-4-5-19-15(10)12(8-11)9-2-3-14(17)13(16)7-9/h2-3,5-8H,4H2,1H3. The summed E-state index contributed by atoms with van der Waals surface area (Å²) in [4.78, 5) is 0. The summed E-state index contributed by atoms with van der Waals surface area (Å²) < 4.78 is 24.1. The summed E-state index contributed by atoms with van der Waals surface area (Å²) >= 11 is 5.83. The predicted molar refractivity (Wildman–Crippen MR) is 72.0 cm³/mol. The lowest BCUT2D eigenvalue weighted by Crippen LogP contribution is -1.90. The van der Waals surface area contributed by atoms with Gasteiger partial charge in [0.1, 0.15) is 23.9 Å². The third kappa shape index (κ3) is 2.15. The van der Waals surface area contributed by atoms with E-state index in [9.17, 15) is 4.39 Å². The topological polar surface area (TPSA) is 18.5 Å². The minimum Gasteiger partial charge on any atom is -0.497 e. The molecule has 0 bridgehead atoms. The molecule has 0 aliphatic carbocycles. The van der Waals surface area contributed by atoms with E-state index in [0.29, 0.717) is 0 Å². The van der Waals surface area contributed by atoms with E-state index in [4.69, 9.17) is 21.1 Å². The Morgan fingerprint density at radius 2 is 2.11 bits per heavy atom. The second-order valence-electron chi connectivity index (χ2n) is 4.28. The Hall–Kier alpha value is -1.74. The molecule has 0 atom stereocenters. The molecule has 0 spiro atoms. The molecule has 0 aromatic heterocycles. The molecule has 1 aliphatic heterocycles. The van der Waals surface area contributed by atoms with Gasteiger partial charge in [-0.25, -0.2) is 4.39 Å². The third-order valence-electron chi connectivity index (χ3n) is 3.11. The Bertz CT molecular complexity index is 640. The summed E-state index contributed by atoms with van der Waals surface area (Å²) in [5.74, 6) is 1.09. The van der Waals surface area contributed by atoms with Gasteiger partial charge in [0.25, 0.3) is 0 Å². The van der Waals surface area contributed by atoms with E-state index >= 15 is 0 Å². The van der Waals surface area contributed by atoms with E-state index < -0.39 is 5.82 Å². The highest BCUT2D eigenvalue weighted by molar-refractivity contribution is 6.31. The molecule has 0 unspecified atom stereocenters. The Morgan fingerprint density at radius 3 is 2.84 bits per heavy atom. The van der Waals surface area contributed by atoms with Gasteiger partial charge in [-0.15, -0.1) is 0 Å². The van der Waals surface area contributed by atoms with Gasteiger partial charge in [0.2, 0.25) is 0 Å². The molecule has 0 saturated heterocycles. The van der Waals surface area contributed by atoms with Crippen LogP contribution in [-0.4, -0.2) is 7.11 Å².